The van der Waals surface area contributed by atoms with E-state index in [1.54, 1.807) is 18.0 Å². The lowest BCUT2D eigenvalue weighted by atomic mass is 10.1. The van der Waals surface area contributed by atoms with Gasteiger partial charge in [0.1, 0.15) is 16.4 Å². The van der Waals surface area contributed by atoms with Crippen LogP contribution in [0, 0.1) is 6.92 Å². The number of benzene rings is 1. The fourth-order valence-electron chi connectivity index (χ4n) is 2.98. The number of methoxy groups -OCH3 is 1. The van der Waals surface area contributed by atoms with Crippen LogP contribution in [0.2, 0.25) is 5.15 Å². The van der Waals surface area contributed by atoms with Gasteiger partial charge in [-0.2, -0.15) is 5.10 Å². The van der Waals surface area contributed by atoms with Gasteiger partial charge in [-0.15, -0.1) is 0 Å². The monoisotopic (exact) mass is 344 g/mol. The SMILES string of the molecule is COc1ccc(CN(C)Cc2c(C)nn(C)c2Cl)c2cccnc12. The van der Waals surface area contributed by atoms with E-state index in [0.717, 1.165) is 41.0 Å². The Bertz CT molecular complexity index is 875. The highest BCUT2D eigenvalue weighted by atomic mass is 35.5. The van der Waals surface area contributed by atoms with Crippen LogP contribution in [0.5, 0.6) is 5.75 Å². The number of hydrogen-bond donors (Lipinski definition) is 0. The van der Waals surface area contributed by atoms with E-state index in [0.29, 0.717) is 5.15 Å². The van der Waals surface area contributed by atoms with Gasteiger partial charge in [-0.05, 0) is 31.7 Å². The minimum Gasteiger partial charge on any atom is -0.494 e. The van der Waals surface area contributed by atoms with Crippen LogP contribution in [0.4, 0.5) is 0 Å². The molecule has 0 spiro atoms. The van der Waals surface area contributed by atoms with Crippen molar-refractivity contribution < 1.29 is 4.74 Å². The first-order valence-electron chi connectivity index (χ1n) is 7.78. The molecule has 1 aromatic carbocycles. The van der Waals surface area contributed by atoms with Crippen LogP contribution in [-0.4, -0.2) is 33.8 Å². The van der Waals surface area contributed by atoms with Crippen LogP contribution >= 0.6 is 11.6 Å². The van der Waals surface area contributed by atoms with E-state index < -0.39 is 0 Å². The summed E-state index contributed by atoms with van der Waals surface area (Å²) in [7, 11) is 5.61. The molecule has 0 bridgehead atoms. The van der Waals surface area contributed by atoms with Crippen LogP contribution in [0.1, 0.15) is 16.8 Å². The topological polar surface area (TPSA) is 43.2 Å². The van der Waals surface area contributed by atoms with E-state index in [2.05, 4.69) is 34.2 Å². The third kappa shape index (κ3) is 3.09. The molecule has 0 atom stereocenters. The van der Waals surface area contributed by atoms with Crippen molar-refractivity contribution in [3.8, 4) is 5.75 Å². The van der Waals surface area contributed by atoms with Crippen LogP contribution in [0.3, 0.4) is 0 Å². The van der Waals surface area contributed by atoms with Crippen LogP contribution < -0.4 is 4.74 Å². The molecule has 0 saturated heterocycles. The van der Waals surface area contributed by atoms with Crippen LogP contribution in [-0.2, 0) is 20.1 Å². The predicted octanol–water partition coefficient (Wildman–Crippen LogP) is 3.57. The minimum absolute atomic E-state index is 0.695. The quantitative estimate of drug-likeness (QED) is 0.709. The molecule has 0 amide bonds. The molecule has 3 aromatic rings. The highest BCUT2D eigenvalue weighted by Gasteiger charge is 2.15. The Morgan fingerprint density at radius 2 is 2.04 bits per heavy atom. The second kappa shape index (κ2) is 6.79. The lowest BCUT2D eigenvalue weighted by Crippen LogP contribution is -2.18. The number of pyridine rings is 1. The van der Waals surface area contributed by atoms with E-state index in [1.807, 2.05) is 26.1 Å². The van der Waals surface area contributed by atoms with Crippen LogP contribution in [0.25, 0.3) is 10.9 Å². The minimum atomic E-state index is 0.695. The first-order chi connectivity index (χ1) is 11.5. The molecule has 5 nitrogen and oxygen atoms in total. The summed E-state index contributed by atoms with van der Waals surface area (Å²) in [4.78, 5) is 6.68. The molecule has 0 saturated carbocycles. The number of halogens is 1. The zero-order chi connectivity index (χ0) is 17.3. The van der Waals surface area contributed by atoms with Crippen molar-refractivity contribution in [2.75, 3.05) is 14.2 Å². The summed E-state index contributed by atoms with van der Waals surface area (Å²) in [5, 5.41) is 6.18. The van der Waals surface area contributed by atoms with Crippen molar-refractivity contribution in [2.45, 2.75) is 20.0 Å². The van der Waals surface area contributed by atoms with Gasteiger partial charge in [0.2, 0.25) is 0 Å². The Balaban J connectivity index is 1.87. The fourth-order valence-corrected chi connectivity index (χ4v) is 3.21. The van der Waals surface area contributed by atoms with Crippen molar-refractivity contribution in [3.63, 3.8) is 0 Å². The van der Waals surface area contributed by atoms with E-state index in [4.69, 9.17) is 16.3 Å². The van der Waals surface area contributed by atoms with Gasteiger partial charge in [-0.3, -0.25) is 14.6 Å². The first-order valence-corrected chi connectivity index (χ1v) is 8.16. The van der Waals surface area contributed by atoms with Gasteiger partial charge in [0.05, 0.1) is 12.8 Å². The van der Waals surface area contributed by atoms with Gasteiger partial charge in [0.15, 0.2) is 0 Å². The fraction of sp³-hybridized carbons (Fsp3) is 0.333. The van der Waals surface area contributed by atoms with E-state index in [9.17, 15) is 0 Å². The number of nitrogens with zero attached hydrogens (tertiary/aromatic N) is 4. The zero-order valence-corrected chi connectivity index (χ0v) is 15.1. The Kier molecular flexibility index (Phi) is 4.73. The van der Waals surface area contributed by atoms with E-state index in [1.165, 1.54) is 5.56 Å². The lowest BCUT2D eigenvalue weighted by molar-refractivity contribution is 0.319. The van der Waals surface area contributed by atoms with Gasteiger partial charge in [-0.25, -0.2) is 0 Å². The standard InChI is InChI=1S/C18H21ClN4O/c1-12-15(18(19)23(3)21-12)11-22(2)10-13-7-8-16(24-4)17-14(13)6-5-9-20-17/h5-9H,10-11H2,1-4H3. The van der Waals surface area contributed by atoms with E-state index in [-0.39, 0.29) is 0 Å². The Morgan fingerprint density at radius 3 is 2.71 bits per heavy atom. The molecule has 3 rings (SSSR count). The summed E-state index contributed by atoms with van der Waals surface area (Å²) in [6.45, 7) is 3.52. The smallest absolute Gasteiger partial charge is 0.145 e. The maximum atomic E-state index is 6.34. The van der Waals surface area contributed by atoms with Gasteiger partial charge >= 0.3 is 0 Å². The van der Waals surface area contributed by atoms with Gasteiger partial charge in [0, 0.05) is 37.3 Å². The zero-order valence-electron chi connectivity index (χ0n) is 14.4. The second-order valence-corrected chi connectivity index (χ2v) is 6.34. The number of hydrogen-bond acceptors (Lipinski definition) is 4. The average Bonchev–Trinajstić information content (AvgIpc) is 2.81. The maximum absolute atomic E-state index is 6.34. The third-order valence-electron chi connectivity index (χ3n) is 4.18. The molecule has 0 aliphatic rings. The second-order valence-electron chi connectivity index (χ2n) is 5.98. The summed E-state index contributed by atoms with van der Waals surface area (Å²) >= 11 is 6.34. The van der Waals surface area contributed by atoms with E-state index >= 15 is 0 Å². The Labute approximate surface area is 146 Å². The average molecular weight is 345 g/mol. The molecule has 6 heteroatoms. The maximum Gasteiger partial charge on any atom is 0.145 e. The molecule has 0 aliphatic heterocycles. The molecule has 24 heavy (non-hydrogen) atoms. The predicted molar refractivity (Wildman–Crippen MR) is 96.4 cm³/mol. The number of fused-ring (bicyclic) bond motifs is 1. The van der Waals surface area contributed by atoms with Crippen LogP contribution in [0.15, 0.2) is 30.5 Å². The van der Waals surface area contributed by atoms with Crippen molar-refractivity contribution >= 4 is 22.5 Å². The highest BCUT2D eigenvalue weighted by molar-refractivity contribution is 6.30. The van der Waals surface area contributed by atoms with Gasteiger partial charge in [-0.1, -0.05) is 23.7 Å². The van der Waals surface area contributed by atoms with Crippen molar-refractivity contribution in [3.05, 3.63) is 52.4 Å². The summed E-state index contributed by atoms with van der Waals surface area (Å²) < 4.78 is 7.13. The van der Waals surface area contributed by atoms with Crippen molar-refractivity contribution in [2.24, 2.45) is 7.05 Å². The van der Waals surface area contributed by atoms with Crippen molar-refractivity contribution in [1.29, 1.82) is 0 Å². The summed E-state index contributed by atoms with van der Waals surface area (Å²) in [5.41, 5.74) is 4.13. The molecule has 0 fully saturated rings. The third-order valence-corrected chi connectivity index (χ3v) is 4.65. The molecule has 0 N–H and O–H groups in total. The Hall–Kier alpha value is -2.11. The largest absolute Gasteiger partial charge is 0.494 e. The van der Waals surface area contributed by atoms with Gasteiger partial charge in [0.25, 0.3) is 0 Å². The molecule has 2 aromatic heterocycles. The summed E-state index contributed by atoms with van der Waals surface area (Å²) in [6, 6.07) is 8.10. The molecular formula is C18H21ClN4O. The molecule has 2 heterocycles. The molecular weight excluding hydrogens is 324 g/mol. The van der Waals surface area contributed by atoms with Crippen molar-refractivity contribution in [1.82, 2.24) is 19.7 Å². The highest BCUT2D eigenvalue weighted by Crippen LogP contribution is 2.28. The number of rotatable bonds is 5. The summed E-state index contributed by atoms with van der Waals surface area (Å²) in [5.74, 6) is 0.795. The number of aryl methyl sites for hydroxylation is 2. The molecule has 0 aliphatic carbocycles. The molecule has 126 valence electrons. The molecule has 0 radical (unpaired) electrons. The lowest BCUT2D eigenvalue weighted by Gasteiger charge is -2.18. The number of aromatic nitrogens is 3. The Morgan fingerprint density at radius 1 is 1.25 bits per heavy atom. The number of ether oxygens (including phenoxy) is 1. The first kappa shape index (κ1) is 16.7. The van der Waals surface area contributed by atoms with Gasteiger partial charge < -0.3 is 4.74 Å². The summed E-state index contributed by atoms with van der Waals surface area (Å²) in [6.07, 6.45) is 1.79. The normalized spacial score (nSPS) is 11.4. The molecule has 0 unspecified atom stereocenters.